The van der Waals surface area contributed by atoms with E-state index in [9.17, 15) is 13.2 Å². The molecule has 0 bridgehead atoms. The van der Waals surface area contributed by atoms with Gasteiger partial charge in [-0.05, 0) is 29.8 Å². The lowest BCUT2D eigenvalue weighted by Crippen LogP contribution is -2.35. The van der Waals surface area contributed by atoms with Gasteiger partial charge in [-0.15, -0.1) is 0 Å². The fourth-order valence-electron chi connectivity index (χ4n) is 3.62. The van der Waals surface area contributed by atoms with Crippen LogP contribution in [-0.4, -0.2) is 30.2 Å². The van der Waals surface area contributed by atoms with E-state index in [4.69, 9.17) is 21.1 Å². The zero-order chi connectivity index (χ0) is 21.5. The van der Waals surface area contributed by atoms with E-state index in [-0.39, 0.29) is 6.42 Å². The first-order chi connectivity index (χ1) is 14.3. The van der Waals surface area contributed by atoms with Gasteiger partial charge in [0.15, 0.2) is 17.5 Å². The number of benzene rings is 2. The molecule has 0 radical (unpaired) electrons. The highest BCUT2D eigenvalue weighted by Crippen LogP contribution is 2.45. The molecule has 158 valence electrons. The minimum absolute atomic E-state index is 0.201. The van der Waals surface area contributed by atoms with Gasteiger partial charge in [-0.2, -0.15) is 18.3 Å². The number of halogens is 4. The number of hydrogen-bond donors (Lipinski definition) is 1. The lowest BCUT2D eigenvalue weighted by molar-refractivity contribution is -0.173. The van der Waals surface area contributed by atoms with E-state index in [0.29, 0.717) is 39.2 Å². The molecular formula is C21H19ClF3N3O2. The van der Waals surface area contributed by atoms with Crippen molar-refractivity contribution in [1.29, 1.82) is 0 Å². The molecule has 0 amide bonds. The number of methoxy groups -OCH3 is 2. The molecule has 1 aliphatic heterocycles. The molecule has 2 aromatic carbocycles. The van der Waals surface area contributed by atoms with Gasteiger partial charge in [0.2, 0.25) is 0 Å². The Balaban J connectivity index is 1.73. The second-order valence-electron chi connectivity index (χ2n) is 6.97. The van der Waals surface area contributed by atoms with Gasteiger partial charge in [0.1, 0.15) is 5.82 Å². The first kappa shape index (κ1) is 20.4. The summed E-state index contributed by atoms with van der Waals surface area (Å²) in [6.07, 6.45) is -4.65. The Hall–Kier alpha value is -2.87. The number of aromatic nitrogens is 2. The van der Waals surface area contributed by atoms with Crippen LogP contribution in [0, 0.1) is 0 Å². The lowest BCUT2D eigenvalue weighted by Gasteiger charge is -2.33. The van der Waals surface area contributed by atoms with Crippen molar-refractivity contribution in [3.63, 3.8) is 0 Å². The molecule has 0 spiro atoms. The van der Waals surface area contributed by atoms with E-state index in [1.807, 2.05) is 0 Å². The third-order valence-corrected chi connectivity index (χ3v) is 5.39. The maximum Gasteiger partial charge on any atom is 0.410 e. The highest BCUT2D eigenvalue weighted by atomic mass is 35.5. The van der Waals surface area contributed by atoms with Gasteiger partial charge >= 0.3 is 6.18 Å². The molecular weight excluding hydrogens is 419 g/mol. The molecule has 0 saturated carbocycles. The Morgan fingerprint density at radius 2 is 1.73 bits per heavy atom. The molecule has 9 heteroatoms. The van der Waals surface area contributed by atoms with Gasteiger partial charge in [-0.3, -0.25) is 0 Å². The smallest absolute Gasteiger partial charge is 0.410 e. The molecule has 30 heavy (non-hydrogen) atoms. The number of fused-ring (bicyclic) bond motifs is 1. The number of nitrogens with one attached hydrogen (secondary N) is 1. The summed E-state index contributed by atoms with van der Waals surface area (Å²) in [5.41, 5.74) is 1.80. The van der Waals surface area contributed by atoms with Crippen molar-refractivity contribution in [3.8, 4) is 22.8 Å². The maximum atomic E-state index is 13.9. The van der Waals surface area contributed by atoms with E-state index in [1.54, 1.807) is 48.5 Å². The molecule has 4 rings (SSSR count). The number of ether oxygens (including phenoxy) is 2. The number of alkyl halides is 3. The zero-order valence-electron chi connectivity index (χ0n) is 16.2. The summed E-state index contributed by atoms with van der Waals surface area (Å²) in [7, 11) is 2.99. The van der Waals surface area contributed by atoms with Gasteiger partial charge in [0, 0.05) is 23.1 Å². The quantitative estimate of drug-likeness (QED) is 0.553. The Kier molecular flexibility index (Phi) is 5.27. The van der Waals surface area contributed by atoms with Crippen molar-refractivity contribution in [2.24, 2.45) is 0 Å². The molecule has 0 fully saturated rings. The Labute approximate surface area is 176 Å². The SMILES string of the molecule is COc1ccc(C2CC(C(F)(F)F)n3nc(-c4ccc(Cl)cc4)cc3N2)cc1OC. The van der Waals surface area contributed by atoms with Crippen LogP contribution in [0.2, 0.25) is 5.02 Å². The van der Waals surface area contributed by atoms with Crippen molar-refractivity contribution in [3.05, 3.63) is 59.1 Å². The van der Waals surface area contributed by atoms with Crippen molar-refractivity contribution in [2.45, 2.75) is 24.7 Å². The maximum absolute atomic E-state index is 13.9. The molecule has 0 aliphatic carbocycles. The molecule has 2 unspecified atom stereocenters. The van der Waals surface area contributed by atoms with E-state index in [1.165, 1.54) is 14.2 Å². The highest BCUT2D eigenvalue weighted by Gasteiger charge is 2.46. The Morgan fingerprint density at radius 3 is 2.37 bits per heavy atom. The second kappa shape index (κ2) is 7.75. The van der Waals surface area contributed by atoms with Crippen molar-refractivity contribution < 1.29 is 22.6 Å². The summed E-state index contributed by atoms with van der Waals surface area (Å²) in [6, 6.07) is 11.2. The van der Waals surface area contributed by atoms with Crippen LogP contribution < -0.4 is 14.8 Å². The van der Waals surface area contributed by atoms with Crippen molar-refractivity contribution in [1.82, 2.24) is 9.78 Å². The first-order valence-electron chi connectivity index (χ1n) is 9.21. The standard InChI is InChI=1S/C21H19ClF3N3O2/c1-29-17-8-5-13(9-18(17)30-2)15-10-19(21(23,24)25)28-20(26-15)11-16(27-28)12-3-6-14(22)7-4-12/h3-9,11,15,19,26H,10H2,1-2H3. The molecule has 1 aliphatic rings. The first-order valence-corrected chi connectivity index (χ1v) is 9.58. The summed E-state index contributed by atoms with van der Waals surface area (Å²) < 4.78 is 53.2. The summed E-state index contributed by atoms with van der Waals surface area (Å²) >= 11 is 5.91. The highest BCUT2D eigenvalue weighted by molar-refractivity contribution is 6.30. The molecule has 1 N–H and O–H groups in total. The fraction of sp³-hybridized carbons (Fsp3) is 0.286. The summed E-state index contributed by atoms with van der Waals surface area (Å²) in [5, 5.41) is 7.96. The van der Waals surface area contributed by atoms with Gasteiger partial charge in [-0.25, -0.2) is 4.68 Å². The second-order valence-corrected chi connectivity index (χ2v) is 7.41. The van der Waals surface area contributed by atoms with Gasteiger partial charge < -0.3 is 14.8 Å². The average molecular weight is 438 g/mol. The summed E-state index contributed by atoms with van der Waals surface area (Å²) in [6.45, 7) is 0. The van der Waals surface area contributed by atoms with Crippen molar-refractivity contribution >= 4 is 17.4 Å². The van der Waals surface area contributed by atoms with E-state index >= 15 is 0 Å². The Bertz CT molecular complexity index is 1050. The average Bonchev–Trinajstić information content (AvgIpc) is 3.16. The molecule has 2 heterocycles. The minimum Gasteiger partial charge on any atom is -0.493 e. The topological polar surface area (TPSA) is 48.3 Å². The van der Waals surface area contributed by atoms with Crippen LogP contribution in [0.4, 0.5) is 19.0 Å². The molecule has 0 saturated heterocycles. The monoisotopic (exact) mass is 437 g/mol. The van der Waals surface area contributed by atoms with Gasteiger partial charge in [-0.1, -0.05) is 29.8 Å². The molecule has 3 aromatic rings. The van der Waals surface area contributed by atoms with Gasteiger partial charge in [0.05, 0.1) is 26.0 Å². The third kappa shape index (κ3) is 3.79. The molecule has 2 atom stereocenters. The third-order valence-electron chi connectivity index (χ3n) is 5.14. The predicted octanol–water partition coefficient (Wildman–Crippen LogP) is 5.88. The van der Waals surface area contributed by atoms with Crippen LogP contribution >= 0.6 is 11.6 Å². The Morgan fingerprint density at radius 1 is 1.03 bits per heavy atom. The number of hydrogen-bond acceptors (Lipinski definition) is 4. The normalized spacial score (nSPS) is 18.5. The number of nitrogens with zero attached hydrogens (tertiary/aromatic N) is 2. The predicted molar refractivity (Wildman–Crippen MR) is 108 cm³/mol. The van der Waals surface area contributed by atoms with E-state index in [0.717, 1.165) is 4.68 Å². The van der Waals surface area contributed by atoms with Gasteiger partial charge in [0.25, 0.3) is 0 Å². The summed E-state index contributed by atoms with van der Waals surface area (Å²) in [4.78, 5) is 0. The molecule has 1 aromatic heterocycles. The largest absolute Gasteiger partial charge is 0.493 e. The number of anilines is 1. The van der Waals surface area contributed by atoms with Crippen LogP contribution in [0.1, 0.15) is 24.1 Å². The van der Waals surface area contributed by atoms with Crippen LogP contribution in [0.3, 0.4) is 0 Å². The van der Waals surface area contributed by atoms with Crippen molar-refractivity contribution in [2.75, 3.05) is 19.5 Å². The van der Waals surface area contributed by atoms with Crippen LogP contribution in [0.5, 0.6) is 11.5 Å². The number of rotatable bonds is 4. The fourth-order valence-corrected chi connectivity index (χ4v) is 3.75. The van der Waals surface area contributed by atoms with E-state index in [2.05, 4.69) is 10.4 Å². The molecule has 5 nitrogen and oxygen atoms in total. The van der Waals surface area contributed by atoms with E-state index < -0.39 is 18.3 Å². The van der Waals surface area contributed by atoms with Crippen LogP contribution in [0.25, 0.3) is 11.3 Å². The van der Waals surface area contributed by atoms with Crippen LogP contribution in [-0.2, 0) is 0 Å². The lowest BCUT2D eigenvalue weighted by atomic mass is 9.96. The van der Waals surface area contributed by atoms with Crippen LogP contribution in [0.15, 0.2) is 48.5 Å². The minimum atomic E-state index is -4.45. The zero-order valence-corrected chi connectivity index (χ0v) is 17.0. The summed E-state index contributed by atoms with van der Waals surface area (Å²) in [5.74, 6) is 1.27.